The lowest BCUT2D eigenvalue weighted by atomic mass is 10.3. The van der Waals surface area contributed by atoms with Crippen molar-refractivity contribution >= 4 is 23.1 Å². The Morgan fingerprint density at radius 1 is 1.62 bits per heavy atom. The fourth-order valence-corrected chi connectivity index (χ4v) is 2.27. The Kier molecular flexibility index (Phi) is 2.34. The highest BCUT2D eigenvalue weighted by molar-refractivity contribution is 6.28. The Labute approximate surface area is 97.7 Å². The first-order valence-corrected chi connectivity index (χ1v) is 5.53. The maximum atomic E-state index is 5.76. The number of rotatable bonds is 2. The molecular weight excluding hydrogens is 230 g/mol. The van der Waals surface area contributed by atoms with Gasteiger partial charge in [0, 0.05) is 6.54 Å². The second-order valence-corrected chi connectivity index (χ2v) is 4.39. The van der Waals surface area contributed by atoms with Gasteiger partial charge in [-0.05, 0) is 18.0 Å². The average Bonchev–Trinajstić information content (AvgIpc) is 2.85. The van der Waals surface area contributed by atoms with Crippen LogP contribution in [0.4, 0.5) is 11.5 Å². The zero-order valence-corrected chi connectivity index (χ0v) is 9.31. The number of anilines is 2. The van der Waals surface area contributed by atoms with Gasteiger partial charge in [-0.3, -0.25) is 0 Å². The molecule has 7 heteroatoms. The number of fused-ring (bicyclic) bond motifs is 2. The summed E-state index contributed by atoms with van der Waals surface area (Å²) < 4.78 is 5.50. The van der Waals surface area contributed by atoms with Gasteiger partial charge in [0.2, 0.25) is 5.28 Å². The number of hydrazine groups is 1. The van der Waals surface area contributed by atoms with Crippen molar-refractivity contribution in [2.24, 2.45) is 0 Å². The number of nitrogens with two attached hydrogens (primary N) is 1. The molecule has 2 aliphatic rings. The highest BCUT2D eigenvalue weighted by Gasteiger charge is 2.39. The number of morpholine rings is 1. The Balaban J connectivity index is 1.76. The van der Waals surface area contributed by atoms with Gasteiger partial charge in [0.25, 0.3) is 0 Å². The van der Waals surface area contributed by atoms with Crippen molar-refractivity contribution in [1.29, 1.82) is 0 Å². The average molecular weight is 242 g/mol. The van der Waals surface area contributed by atoms with E-state index in [2.05, 4.69) is 20.4 Å². The summed E-state index contributed by atoms with van der Waals surface area (Å²) in [6.45, 7) is 1.61. The van der Waals surface area contributed by atoms with Crippen LogP contribution in [-0.4, -0.2) is 40.3 Å². The van der Waals surface area contributed by atoms with Crippen molar-refractivity contribution in [3.05, 3.63) is 11.5 Å². The maximum Gasteiger partial charge on any atom is 0.224 e. The summed E-state index contributed by atoms with van der Waals surface area (Å²) in [7, 11) is 0. The van der Waals surface area contributed by atoms with Gasteiger partial charge in [0.05, 0.1) is 30.6 Å². The molecule has 3 heterocycles. The molecule has 0 aliphatic carbocycles. The molecule has 2 bridgehead atoms. The SMILES string of the molecule is Nc1cnc(Cl)nc1NN1CC2CC1CO2. The smallest absolute Gasteiger partial charge is 0.224 e. The van der Waals surface area contributed by atoms with Crippen LogP contribution in [0.25, 0.3) is 0 Å². The fraction of sp³-hybridized carbons (Fsp3) is 0.556. The topological polar surface area (TPSA) is 76.3 Å². The molecule has 0 amide bonds. The standard InChI is InChI=1S/C9H12ClN5O/c10-9-12-2-7(11)8(13-9)14-15-3-6-1-5(15)4-16-6/h2,5-6H,1,3-4,11H2,(H,12,13,14). The van der Waals surface area contributed by atoms with Gasteiger partial charge in [-0.15, -0.1) is 0 Å². The minimum atomic E-state index is 0.192. The van der Waals surface area contributed by atoms with Crippen LogP contribution in [0.3, 0.4) is 0 Å². The third-order valence-electron chi connectivity index (χ3n) is 2.94. The van der Waals surface area contributed by atoms with Crippen molar-refractivity contribution < 1.29 is 4.74 Å². The Morgan fingerprint density at radius 3 is 3.19 bits per heavy atom. The lowest BCUT2D eigenvalue weighted by molar-refractivity contribution is 0.0409. The number of nitrogens with zero attached hydrogens (tertiary/aromatic N) is 3. The molecule has 1 aromatic heterocycles. The fourth-order valence-electron chi connectivity index (χ4n) is 2.13. The molecule has 16 heavy (non-hydrogen) atoms. The van der Waals surface area contributed by atoms with Gasteiger partial charge in [0.15, 0.2) is 5.82 Å². The van der Waals surface area contributed by atoms with Crippen molar-refractivity contribution in [1.82, 2.24) is 15.0 Å². The lowest BCUT2D eigenvalue weighted by Crippen LogP contribution is -2.41. The molecule has 0 aromatic carbocycles. The number of nitrogens with one attached hydrogen (secondary N) is 1. The van der Waals surface area contributed by atoms with E-state index in [4.69, 9.17) is 22.1 Å². The van der Waals surface area contributed by atoms with Crippen LogP contribution in [0.15, 0.2) is 6.20 Å². The minimum Gasteiger partial charge on any atom is -0.394 e. The molecule has 1 aromatic rings. The molecule has 2 saturated heterocycles. The molecule has 86 valence electrons. The number of aromatic nitrogens is 2. The summed E-state index contributed by atoms with van der Waals surface area (Å²) in [4.78, 5) is 7.86. The molecule has 3 rings (SSSR count). The van der Waals surface area contributed by atoms with E-state index in [-0.39, 0.29) is 5.28 Å². The van der Waals surface area contributed by atoms with Crippen LogP contribution in [0, 0.1) is 0 Å². The number of hydrogen-bond donors (Lipinski definition) is 2. The Morgan fingerprint density at radius 2 is 2.50 bits per heavy atom. The summed E-state index contributed by atoms with van der Waals surface area (Å²) in [5.74, 6) is 0.563. The Bertz CT molecular complexity index is 415. The number of nitrogen functional groups attached to an aromatic ring is 1. The second-order valence-electron chi connectivity index (χ2n) is 4.05. The first-order valence-electron chi connectivity index (χ1n) is 5.15. The largest absolute Gasteiger partial charge is 0.394 e. The quantitative estimate of drug-likeness (QED) is 0.735. The van der Waals surface area contributed by atoms with Gasteiger partial charge >= 0.3 is 0 Å². The predicted octanol–water partition coefficient (Wildman–Crippen LogP) is 0.512. The van der Waals surface area contributed by atoms with Crippen LogP contribution in [0.2, 0.25) is 5.28 Å². The molecule has 0 saturated carbocycles. The van der Waals surface area contributed by atoms with Crippen LogP contribution in [-0.2, 0) is 4.74 Å². The van der Waals surface area contributed by atoms with E-state index >= 15 is 0 Å². The van der Waals surface area contributed by atoms with Gasteiger partial charge in [-0.2, -0.15) is 4.98 Å². The molecule has 2 aliphatic heterocycles. The van der Waals surface area contributed by atoms with Crippen LogP contribution in [0.1, 0.15) is 6.42 Å². The maximum absolute atomic E-state index is 5.76. The van der Waals surface area contributed by atoms with Crippen molar-refractivity contribution in [3.8, 4) is 0 Å². The van der Waals surface area contributed by atoms with E-state index in [0.29, 0.717) is 23.7 Å². The summed E-state index contributed by atoms with van der Waals surface area (Å²) >= 11 is 5.72. The first-order chi connectivity index (χ1) is 7.72. The molecular formula is C9H12ClN5O. The summed E-state index contributed by atoms with van der Waals surface area (Å²) in [5.41, 5.74) is 9.43. The van der Waals surface area contributed by atoms with Gasteiger partial charge < -0.3 is 15.9 Å². The van der Waals surface area contributed by atoms with Crippen LogP contribution >= 0.6 is 11.6 Å². The zero-order valence-electron chi connectivity index (χ0n) is 8.56. The second kappa shape index (κ2) is 3.73. The number of hydrogen-bond acceptors (Lipinski definition) is 6. The highest BCUT2D eigenvalue weighted by Crippen LogP contribution is 2.28. The van der Waals surface area contributed by atoms with E-state index in [0.717, 1.165) is 19.6 Å². The lowest BCUT2D eigenvalue weighted by Gasteiger charge is -2.27. The first kappa shape index (κ1) is 10.1. The third kappa shape index (κ3) is 1.68. The van der Waals surface area contributed by atoms with E-state index in [1.807, 2.05) is 0 Å². The molecule has 0 radical (unpaired) electrons. The Hall–Kier alpha value is -1.11. The predicted molar refractivity (Wildman–Crippen MR) is 59.9 cm³/mol. The monoisotopic (exact) mass is 241 g/mol. The van der Waals surface area contributed by atoms with Gasteiger partial charge in [-0.25, -0.2) is 9.99 Å². The van der Waals surface area contributed by atoms with Crippen LogP contribution < -0.4 is 11.2 Å². The number of halogens is 1. The van der Waals surface area contributed by atoms with Gasteiger partial charge in [0.1, 0.15) is 0 Å². The van der Waals surface area contributed by atoms with Crippen molar-refractivity contribution in [2.45, 2.75) is 18.6 Å². The zero-order chi connectivity index (χ0) is 11.1. The normalized spacial score (nSPS) is 28.6. The summed E-state index contributed by atoms with van der Waals surface area (Å²) in [6, 6.07) is 0.401. The highest BCUT2D eigenvalue weighted by atomic mass is 35.5. The summed E-state index contributed by atoms with van der Waals surface area (Å²) in [5, 5.41) is 2.29. The van der Waals surface area contributed by atoms with Gasteiger partial charge in [-0.1, -0.05) is 0 Å². The van der Waals surface area contributed by atoms with E-state index in [1.54, 1.807) is 0 Å². The third-order valence-corrected chi connectivity index (χ3v) is 3.12. The number of ether oxygens (including phenoxy) is 1. The molecule has 2 unspecified atom stereocenters. The molecule has 3 N–H and O–H groups in total. The molecule has 0 spiro atoms. The van der Waals surface area contributed by atoms with E-state index in [1.165, 1.54) is 6.20 Å². The van der Waals surface area contributed by atoms with Crippen molar-refractivity contribution in [2.75, 3.05) is 24.3 Å². The molecule has 2 fully saturated rings. The van der Waals surface area contributed by atoms with Crippen molar-refractivity contribution in [3.63, 3.8) is 0 Å². The molecule has 2 atom stereocenters. The van der Waals surface area contributed by atoms with E-state index in [9.17, 15) is 0 Å². The molecule has 6 nitrogen and oxygen atoms in total. The van der Waals surface area contributed by atoms with Crippen LogP contribution in [0.5, 0.6) is 0 Å². The minimum absolute atomic E-state index is 0.192. The van der Waals surface area contributed by atoms with E-state index < -0.39 is 0 Å². The summed E-state index contributed by atoms with van der Waals surface area (Å²) in [6.07, 6.45) is 2.89.